The Labute approximate surface area is 196 Å². The topological polar surface area (TPSA) is 0 Å². The van der Waals surface area contributed by atoms with Crippen molar-refractivity contribution in [3.05, 3.63) is 81.9 Å². The van der Waals surface area contributed by atoms with E-state index in [2.05, 4.69) is 68.4 Å². The van der Waals surface area contributed by atoms with Crippen molar-refractivity contribution in [2.45, 2.75) is 56.8 Å². The van der Waals surface area contributed by atoms with Crippen LogP contribution >= 0.6 is 11.6 Å². The van der Waals surface area contributed by atoms with Gasteiger partial charge in [-0.15, -0.1) is 0 Å². The van der Waals surface area contributed by atoms with Crippen molar-refractivity contribution in [3.63, 3.8) is 0 Å². The van der Waals surface area contributed by atoms with Gasteiger partial charge in [0.2, 0.25) is 0 Å². The van der Waals surface area contributed by atoms with Crippen LogP contribution in [-0.4, -0.2) is 0 Å². The third kappa shape index (κ3) is 1.95. The lowest BCUT2D eigenvalue weighted by molar-refractivity contribution is -0.0399. The zero-order valence-electron chi connectivity index (χ0n) is 18.9. The molecule has 0 nitrogen and oxygen atoms in total. The van der Waals surface area contributed by atoms with Crippen molar-refractivity contribution in [2.75, 3.05) is 0 Å². The van der Waals surface area contributed by atoms with Crippen LogP contribution in [0.4, 0.5) is 0 Å². The Kier molecular flexibility index (Phi) is 3.28. The molecule has 3 aromatic carbocycles. The Morgan fingerprint density at radius 3 is 2.00 bits per heavy atom. The van der Waals surface area contributed by atoms with Crippen molar-refractivity contribution in [1.29, 1.82) is 0 Å². The molecular weight excluding hydrogens is 408 g/mol. The second kappa shape index (κ2) is 5.71. The van der Waals surface area contributed by atoms with Crippen LogP contribution in [0.2, 0.25) is 5.02 Å². The van der Waals surface area contributed by atoms with E-state index in [0.717, 1.165) is 28.7 Å². The van der Waals surface area contributed by atoms with Gasteiger partial charge in [-0.3, -0.25) is 0 Å². The number of halogens is 1. The van der Waals surface area contributed by atoms with Crippen LogP contribution in [0, 0.1) is 23.7 Å². The van der Waals surface area contributed by atoms with E-state index in [4.69, 9.17) is 11.6 Å². The summed E-state index contributed by atoms with van der Waals surface area (Å²) < 4.78 is 0. The fraction of sp³-hybridized carbons (Fsp3) is 0.419. The van der Waals surface area contributed by atoms with E-state index in [1.165, 1.54) is 65.5 Å². The molecule has 1 heteroatoms. The van der Waals surface area contributed by atoms with Crippen LogP contribution in [0.5, 0.6) is 0 Å². The lowest BCUT2D eigenvalue weighted by Gasteiger charge is -2.61. The number of hydrogen-bond donors (Lipinski definition) is 0. The zero-order chi connectivity index (χ0) is 21.4. The van der Waals surface area contributed by atoms with Gasteiger partial charge in [0.25, 0.3) is 0 Å². The highest BCUT2D eigenvalue weighted by Gasteiger charge is 2.61. The molecular formula is C31H29Cl. The maximum Gasteiger partial charge on any atom is 0.0412 e. The molecule has 32 heavy (non-hydrogen) atoms. The molecule has 0 heterocycles. The van der Waals surface area contributed by atoms with Crippen LogP contribution in [0.25, 0.3) is 22.3 Å². The Hall–Kier alpha value is -2.05. The Morgan fingerprint density at radius 2 is 1.25 bits per heavy atom. The quantitative estimate of drug-likeness (QED) is 0.332. The van der Waals surface area contributed by atoms with E-state index in [1.54, 1.807) is 11.1 Å². The lowest BCUT2D eigenvalue weighted by Crippen LogP contribution is -2.55. The van der Waals surface area contributed by atoms with Crippen LogP contribution in [-0.2, 0) is 10.8 Å². The van der Waals surface area contributed by atoms with Gasteiger partial charge in [0, 0.05) is 15.9 Å². The summed E-state index contributed by atoms with van der Waals surface area (Å²) in [5.41, 5.74) is 12.3. The average molecular weight is 437 g/mol. The maximum absolute atomic E-state index is 6.51. The van der Waals surface area contributed by atoms with E-state index in [9.17, 15) is 0 Å². The van der Waals surface area contributed by atoms with Gasteiger partial charge in [0.1, 0.15) is 0 Å². The lowest BCUT2D eigenvalue weighted by atomic mass is 9.43. The molecule has 1 spiro atoms. The number of fused-ring (bicyclic) bond motifs is 6. The second-order valence-electron chi connectivity index (χ2n) is 12.0. The van der Waals surface area contributed by atoms with Gasteiger partial charge in [-0.2, -0.15) is 0 Å². The largest absolute Gasteiger partial charge is 0.0843 e. The summed E-state index contributed by atoms with van der Waals surface area (Å²) in [5, 5.41) is 0.848. The molecule has 0 saturated heterocycles. The molecule has 3 aromatic rings. The molecule has 0 unspecified atom stereocenters. The summed E-state index contributed by atoms with van der Waals surface area (Å²) in [4.78, 5) is 0. The standard InChI is InChI=1S/C31H29Cl/c1-30(2)26-8-7-21(32)14-23(26)25-16-29-24(15-28(25)30)22-5-3-4-6-27(22)31(29)19-10-17-9-18(12-19)13-20(31)11-17/h3-8,14-20H,9-13H2,1-2H3. The number of benzene rings is 3. The van der Waals surface area contributed by atoms with Crippen molar-refractivity contribution < 1.29 is 0 Å². The van der Waals surface area contributed by atoms with E-state index >= 15 is 0 Å². The third-order valence-corrected chi connectivity index (χ3v) is 10.5. The van der Waals surface area contributed by atoms with Crippen LogP contribution in [0.15, 0.2) is 54.6 Å². The SMILES string of the molecule is CC1(C)c2ccc(Cl)cc2-c2cc3c(cc21)-c1ccccc1C31C2CC3CC(C2)CC1C3. The number of hydrogen-bond acceptors (Lipinski definition) is 0. The molecule has 4 fully saturated rings. The van der Waals surface area contributed by atoms with E-state index in [-0.39, 0.29) is 10.8 Å². The molecule has 0 amide bonds. The van der Waals surface area contributed by atoms with Gasteiger partial charge in [-0.05, 0) is 125 Å². The van der Waals surface area contributed by atoms with E-state index in [0.29, 0.717) is 0 Å². The van der Waals surface area contributed by atoms with Crippen molar-refractivity contribution in [2.24, 2.45) is 23.7 Å². The van der Waals surface area contributed by atoms with Crippen molar-refractivity contribution >= 4 is 11.6 Å². The summed E-state index contributed by atoms with van der Waals surface area (Å²) >= 11 is 6.51. The zero-order valence-corrected chi connectivity index (χ0v) is 19.7. The highest BCUT2D eigenvalue weighted by molar-refractivity contribution is 6.31. The first kappa shape index (κ1) is 18.4. The molecule has 6 aliphatic carbocycles. The monoisotopic (exact) mass is 436 g/mol. The van der Waals surface area contributed by atoms with E-state index < -0.39 is 0 Å². The van der Waals surface area contributed by atoms with Crippen molar-refractivity contribution in [1.82, 2.24) is 0 Å². The molecule has 0 aliphatic heterocycles. The van der Waals surface area contributed by atoms with Crippen LogP contribution in [0.1, 0.15) is 68.2 Å². The number of rotatable bonds is 0. The predicted molar refractivity (Wildman–Crippen MR) is 132 cm³/mol. The summed E-state index contributed by atoms with van der Waals surface area (Å²) in [7, 11) is 0. The molecule has 9 rings (SSSR count). The fourth-order valence-electron chi connectivity index (χ4n) is 9.37. The smallest absolute Gasteiger partial charge is 0.0412 e. The first-order chi connectivity index (χ1) is 15.5. The van der Waals surface area contributed by atoms with Gasteiger partial charge in [-0.25, -0.2) is 0 Å². The normalized spacial score (nSPS) is 33.8. The minimum absolute atomic E-state index is 0.0129. The second-order valence-corrected chi connectivity index (χ2v) is 12.4. The van der Waals surface area contributed by atoms with Gasteiger partial charge < -0.3 is 0 Å². The Morgan fingerprint density at radius 1 is 0.625 bits per heavy atom. The molecule has 4 bridgehead atoms. The average Bonchev–Trinajstić information content (AvgIpc) is 3.17. The minimum Gasteiger partial charge on any atom is -0.0843 e. The first-order valence-corrected chi connectivity index (χ1v) is 12.9. The highest BCUT2D eigenvalue weighted by Crippen LogP contribution is 2.70. The molecule has 160 valence electrons. The predicted octanol–water partition coefficient (Wildman–Crippen LogP) is 8.37. The molecule has 0 aromatic heterocycles. The molecule has 0 radical (unpaired) electrons. The van der Waals surface area contributed by atoms with Gasteiger partial charge in [-0.1, -0.05) is 55.8 Å². The summed E-state index contributed by atoms with van der Waals surface area (Å²) in [6, 6.07) is 21.2. The maximum atomic E-state index is 6.51. The molecule has 6 aliphatic rings. The van der Waals surface area contributed by atoms with Crippen LogP contribution in [0.3, 0.4) is 0 Å². The minimum atomic E-state index is 0.0129. The molecule has 0 atom stereocenters. The van der Waals surface area contributed by atoms with Gasteiger partial charge in [0.15, 0.2) is 0 Å². The fourth-order valence-corrected chi connectivity index (χ4v) is 9.54. The highest BCUT2D eigenvalue weighted by atomic mass is 35.5. The summed E-state index contributed by atoms with van der Waals surface area (Å²) in [5.74, 6) is 3.58. The first-order valence-electron chi connectivity index (χ1n) is 12.6. The van der Waals surface area contributed by atoms with Gasteiger partial charge >= 0.3 is 0 Å². The van der Waals surface area contributed by atoms with Crippen molar-refractivity contribution in [3.8, 4) is 22.3 Å². The molecule has 4 saturated carbocycles. The van der Waals surface area contributed by atoms with E-state index in [1.807, 2.05) is 0 Å². The summed E-state index contributed by atoms with van der Waals surface area (Å²) in [6.45, 7) is 4.77. The van der Waals surface area contributed by atoms with Gasteiger partial charge in [0.05, 0.1) is 0 Å². The molecule has 0 N–H and O–H groups in total. The van der Waals surface area contributed by atoms with Crippen LogP contribution < -0.4 is 0 Å². The third-order valence-electron chi connectivity index (χ3n) is 10.3. The summed E-state index contributed by atoms with van der Waals surface area (Å²) in [6.07, 6.45) is 7.25. The Balaban J connectivity index is 1.45. The Bertz CT molecular complexity index is 1300.